The molecule has 1 aliphatic carbocycles. The second kappa shape index (κ2) is 5.28. The lowest BCUT2D eigenvalue weighted by molar-refractivity contribution is 0.920. The van der Waals surface area contributed by atoms with Gasteiger partial charge in [0.2, 0.25) is 0 Å². The zero-order chi connectivity index (χ0) is 15.7. The van der Waals surface area contributed by atoms with Crippen molar-refractivity contribution < 1.29 is 0 Å². The summed E-state index contributed by atoms with van der Waals surface area (Å²) in [6.07, 6.45) is 7.07. The summed E-state index contributed by atoms with van der Waals surface area (Å²) in [6.45, 7) is 0. The van der Waals surface area contributed by atoms with Crippen molar-refractivity contribution >= 4 is 71.3 Å². The highest BCUT2D eigenvalue weighted by Crippen LogP contribution is 2.53. The van der Waals surface area contributed by atoms with Gasteiger partial charge in [-0.15, -0.1) is 46.2 Å². The third-order valence-corrected chi connectivity index (χ3v) is 9.19. The van der Waals surface area contributed by atoms with E-state index >= 15 is 0 Å². The topological polar surface area (TPSA) is 0 Å². The molecule has 4 heterocycles. The molecule has 2 aromatic heterocycles. The number of hydrogen-bond donors (Lipinski definition) is 0. The van der Waals surface area contributed by atoms with Crippen LogP contribution in [0.5, 0.6) is 0 Å². The molecule has 0 spiro atoms. The summed E-state index contributed by atoms with van der Waals surface area (Å²) in [5.41, 5.74) is 3.09. The number of rotatable bonds is 1. The van der Waals surface area contributed by atoms with Crippen molar-refractivity contribution in [2.24, 2.45) is 0 Å². The molecular formula is C20H12S4. The fourth-order valence-corrected chi connectivity index (χ4v) is 7.81. The average Bonchev–Trinajstić information content (AvgIpc) is 3.33. The summed E-state index contributed by atoms with van der Waals surface area (Å²) in [5, 5.41) is 5.56. The molecule has 0 amide bonds. The largest absolute Gasteiger partial charge is 0.144 e. The molecule has 2 aliphatic heterocycles. The molecule has 24 heavy (non-hydrogen) atoms. The summed E-state index contributed by atoms with van der Waals surface area (Å²) in [7, 11) is 0. The van der Waals surface area contributed by atoms with E-state index in [4.69, 9.17) is 0 Å². The first-order valence-corrected chi connectivity index (χ1v) is 11.4. The number of allylic oxidation sites excluding steroid dienone is 3. The van der Waals surface area contributed by atoms with Crippen molar-refractivity contribution in [1.29, 1.82) is 0 Å². The second-order valence-electron chi connectivity index (χ2n) is 6.31. The first-order chi connectivity index (χ1) is 11.8. The van der Waals surface area contributed by atoms with Crippen LogP contribution in [0.25, 0.3) is 25.1 Å². The highest BCUT2D eigenvalue weighted by molar-refractivity contribution is 8.09. The van der Waals surface area contributed by atoms with Gasteiger partial charge < -0.3 is 0 Å². The Bertz CT molecular complexity index is 1040. The third-order valence-electron chi connectivity index (χ3n) is 4.82. The standard InChI is InChI=1S/C20H12S4/c1-3-21-15-7-13-9-19(23-17(13)5-11(1)15)20-10-14-8-16-12(2-4-22-16)6-18(14)24-20/h1,3,5,7-10,18H,2,6H2. The molecule has 116 valence electrons. The summed E-state index contributed by atoms with van der Waals surface area (Å²) in [6, 6.07) is 9.30. The lowest BCUT2D eigenvalue weighted by atomic mass is 9.96. The van der Waals surface area contributed by atoms with Crippen LogP contribution < -0.4 is 0 Å². The molecule has 0 N–H and O–H groups in total. The van der Waals surface area contributed by atoms with Gasteiger partial charge in [-0.1, -0.05) is 5.57 Å². The Morgan fingerprint density at radius 2 is 2.00 bits per heavy atom. The monoisotopic (exact) mass is 380 g/mol. The van der Waals surface area contributed by atoms with Crippen molar-refractivity contribution in [3.63, 3.8) is 0 Å². The van der Waals surface area contributed by atoms with Gasteiger partial charge in [-0.05, 0) is 71.0 Å². The van der Waals surface area contributed by atoms with E-state index in [2.05, 4.69) is 59.3 Å². The molecule has 6 rings (SSSR count). The predicted molar refractivity (Wildman–Crippen MR) is 112 cm³/mol. The van der Waals surface area contributed by atoms with E-state index in [-0.39, 0.29) is 0 Å². The van der Waals surface area contributed by atoms with Crippen molar-refractivity contribution in [2.45, 2.75) is 18.1 Å². The van der Waals surface area contributed by atoms with Crippen LogP contribution in [-0.2, 0) is 0 Å². The highest BCUT2D eigenvalue weighted by Gasteiger charge is 2.31. The van der Waals surface area contributed by atoms with Crippen LogP contribution in [0.3, 0.4) is 0 Å². The molecule has 1 atom stereocenters. The molecule has 3 aromatic rings. The number of hydrogen-bond acceptors (Lipinski definition) is 4. The molecule has 0 saturated heterocycles. The quantitative estimate of drug-likeness (QED) is 0.433. The number of benzene rings is 1. The number of thiophene rings is 2. The van der Waals surface area contributed by atoms with Crippen LogP contribution >= 0.6 is 46.2 Å². The minimum Gasteiger partial charge on any atom is -0.144 e. The Morgan fingerprint density at radius 1 is 1.04 bits per heavy atom. The SMILES string of the molecule is [C]1CC2=C(C=C3C=C(c4cc5cc6sccc6cc5s4)SC3C2)S1. The summed E-state index contributed by atoms with van der Waals surface area (Å²) >= 11 is 7.62. The molecular weight excluding hydrogens is 368 g/mol. The lowest BCUT2D eigenvalue weighted by Gasteiger charge is -2.18. The minimum atomic E-state index is 0.618. The summed E-state index contributed by atoms with van der Waals surface area (Å²) in [5.74, 6) is 3.40. The zero-order valence-corrected chi connectivity index (χ0v) is 15.9. The lowest BCUT2D eigenvalue weighted by Crippen LogP contribution is -2.06. The molecule has 1 aromatic carbocycles. The van der Waals surface area contributed by atoms with Crippen LogP contribution in [0, 0.1) is 5.75 Å². The zero-order valence-electron chi connectivity index (χ0n) is 12.7. The van der Waals surface area contributed by atoms with E-state index in [1.807, 2.05) is 22.7 Å². The molecule has 1 unspecified atom stereocenters. The Kier molecular flexibility index (Phi) is 3.13. The predicted octanol–water partition coefficient (Wildman–Crippen LogP) is 7.33. The number of thioether (sulfide) groups is 2. The van der Waals surface area contributed by atoms with Gasteiger partial charge in [0.25, 0.3) is 0 Å². The van der Waals surface area contributed by atoms with Gasteiger partial charge in [0.1, 0.15) is 0 Å². The minimum absolute atomic E-state index is 0.618. The molecule has 2 radical (unpaired) electrons. The van der Waals surface area contributed by atoms with Gasteiger partial charge in [-0.2, -0.15) is 0 Å². The van der Waals surface area contributed by atoms with Crippen LogP contribution in [0.4, 0.5) is 0 Å². The van der Waals surface area contributed by atoms with Gasteiger partial charge in [-0.3, -0.25) is 0 Å². The molecule has 0 saturated carbocycles. The van der Waals surface area contributed by atoms with E-state index in [1.54, 1.807) is 17.3 Å². The molecule has 0 bridgehead atoms. The summed E-state index contributed by atoms with van der Waals surface area (Å²) in [4.78, 5) is 4.33. The average molecular weight is 381 g/mol. The van der Waals surface area contributed by atoms with Gasteiger partial charge in [-0.25, -0.2) is 0 Å². The number of fused-ring (bicyclic) bond motifs is 3. The molecule has 4 heteroatoms. The van der Waals surface area contributed by atoms with Crippen molar-refractivity contribution in [1.82, 2.24) is 0 Å². The van der Waals surface area contributed by atoms with Gasteiger partial charge in [0, 0.05) is 29.3 Å². The Labute approximate surface area is 157 Å². The maximum atomic E-state index is 3.40. The van der Waals surface area contributed by atoms with Crippen LogP contribution in [0.1, 0.15) is 17.7 Å². The smallest absolute Gasteiger partial charge is 0.0579 e. The maximum absolute atomic E-state index is 3.40. The fourth-order valence-electron chi connectivity index (χ4n) is 3.58. The molecule has 3 aliphatic rings. The Morgan fingerprint density at radius 3 is 3.00 bits per heavy atom. The van der Waals surface area contributed by atoms with Crippen molar-refractivity contribution in [2.75, 3.05) is 0 Å². The van der Waals surface area contributed by atoms with Gasteiger partial charge in [0.05, 0.1) is 5.75 Å². The third kappa shape index (κ3) is 2.13. The van der Waals surface area contributed by atoms with E-state index in [9.17, 15) is 0 Å². The van der Waals surface area contributed by atoms with E-state index in [0.29, 0.717) is 5.25 Å². The Balaban J connectivity index is 1.42. The molecule has 0 nitrogen and oxygen atoms in total. The van der Waals surface area contributed by atoms with Crippen LogP contribution in [0.15, 0.2) is 57.8 Å². The first kappa shape index (κ1) is 14.3. The fraction of sp³-hybridized carbons (Fsp3) is 0.150. The van der Waals surface area contributed by atoms with Crippen LogP contribution in [0.2, 0.25) is 0 Å². The van der Waals surface area contributed by atoms with Crippen molar-refractivity contribution in [3.05, 3.63) is 68.5 Å². The van der Waals surface area contributed by atoms with Gasteiger partial charge in [0.15, 0.2) is 0 Å². The van der Waals surface area contributed by atoms with E-state index in [1.165, 1.54) is 46.9 Å². The van der Waals surface area contributed by atoms with Crippen molar-refractivity contribution in [3.8, 4) is 0 Å². The van der Waals surface area contributed by atoms with E-state index in [0.717, 1.165) is 6.42 Å². The van der Waals surface area contributed by atoms with Gasteiger partial charge >= 0.3 is 0 Å². The molecule has 0 fully saturated rings. The summed E-state index contributed by atoms with van der Waals surface area (Å²) < 4.78 is 2.79. The normalized spacial score (nSPS) is 22.9. The van der Waals surface area contributed by atoms with E-state index < -0.39 is 0 Å². The maximum Gasteiger partial charge on any atom is 0.0579 e. The first-order valence-electron chi connectivity index (χ1n) is 7.96. The highest BCUT2D eigenvalue weighted by atomic mass is 32.2. The second-order valence-corrected chi connectivity index (χ2v) is 10.5. The Hall–Kier alpha value is -0.940. The van der Waals surface area contributed by atoms with Crippen LogP contribution in [-0.4, -0.2) is 5.25 Å².